The molecule has 0 unspecified atom stereocenters. The number of benzene rings is 1. The first-order valence-corrected chi connectivity index (χ1v) is 8.47. The van der Waals surface area contributed by atoms with Crippen LogP contribution in [0.2, 0.25) is 0 Å². The van der Waals surface area contributed by atoms with Crippen molar-refractivity contribution in [3.63, 3.8) is 0 Å². The van der Waals surface area contributed by atoms with E-state index >= 15 is 0 Å². The van der Waals surface area contributed by atoms with Crippen LogP contribution in [-0.2, 0) is 0 Å². The van der Waals surface area contributed by atoms with Crippen LogP contribution in [0.1, 0.15) is 32.1 Å². The molecule has 1 aliphatic rings. The van der Waals surface area contributed by atoms with E-state index in [-0.39, 0.29) is 17.3 Å². The summed E-state index contributed by atoms with van der Waals surface area (Å²) in [5.41, 5.74) is 2.02. The molecule has 7 heteroatoms. The SMILES string of the molecule is O=[N+]([O-])c1c(NCCC2=CCCCC2)ncnc1Nc1ccccc1. The van der Waals surface area contributed by atoms with Crippen molar-refractivity contribution >= 4 is 23.0 Å². The Labute approximate surface area is 146 Å². The predicted octanol–water partition coefficient (Wildman–Crippen LogP) is 4.43. The maximum atomic E-state index is 11.5. The summed E-state index contributed by atoms with van der Waals surface area (Å²) < 4.78 is 0. The number of hydrogen-bond acceptors (Lipinski definition) is 6. The number of anilines is 3. The molecular formula is C18H21N5O2. The number of para-hydroxylation sites is 1. The molecule has 2 aromatic rings. The summed E-state index contributed by atoms with van der Waals surface area (Å²) in [6, 6.07) is 9.24. The Balaban J connectivity index is 1.73. The Hall–Kier alpha value is -2.96. The lowest BCUT2D eigenvalue weighted by Crippen LogP contribution is -2.10. The monoisotopic (exact) mass is 339 g/mol. The molecule has 0 saturated heterocycles. The molecule has 0 amide bonds. The summed E-state index contributed by atoms with van der Waals surface area (Å²) in [4.78, 5) is 19.2. The maximum absolute atomic E-state index is 11.5. The van der Waals surface area contributed by atoms with Crippen LogP contribution in [0.5, 0.6) is 0 Å². The van der Waals surface area contributed by atoms with E-state index in [0.29, 0.717) is 6.54 Å². The van der Waals surface area contributed by atoms with Crippen molar-refractivity contribution in [1.82, 2.24) is 9.97 Å². The quantitative estimate of drug-likeness (QED) is 0.440. The van der Waals surface area contributed by atoms with Crippen LogP contribution in [0.25, 0.3) is 0 Å². The maximum Gasteiger partial charge on any atom is 0.353 e. The van der Waals surface area contributed by atoms with Crippen molar-refractivity contribution < 1.29 is 4.92 Å². The van der Waals surface area contributed by atoms with Crippen molar-refractivity contribution in [1.29, 1.82) is 0 Å². The molecule has 3 rings (SSSR count). The third-order valence-corrected chi connectivity index (χ3v) is 4.16. The standard InChI is InChI=1S/C18H21N5O2/c24-23(25)16-17(19-12-11-14-7-3-1-4-8-14)20-13-21-18(16)22-15-9-5-2-6-10-15/h2,5-7,9-10,13H,1,3-4,8,11-12H2,(H2,19,20,21,22). The molecule has 0 aliphatic heterocycles. The number of aromatic nitrogens is 2. The number of allylic oxidation sites excluding steroid dienone is 1. The molecule has 7 nitrogen and oxygen atoms in total. The Morgan fingerprint density at radius 2 is 1.92 bits per heavy atom. The fraction of sp³-hybridized carbons (Fsp3) is 0.333. The number of nitro groups is 1. The highest BCUT2D eigenvalue weighted by Gasteiger charge is 2.23. The zero-order valence-corrected chi connectivity index (χ0v) is 13.9. The van der Waals surface area contributed by atoms with E-state index in [2.05, 4.69) is 26.7 Å². The molecule has 1 aromatic heterocycles. The lowest BCUT2D eigenvalue weighted by molar-refractivity contribution is -0.383. The Morgan fingerprint density at radius 3 is 2.64 bits per heavy atom. The first kappa shape index (κ1) is 16.9. The number of hydrogen-bond donors (Lipinski definition) is 2. The van der Waals surface area contributed by atoms with Gasteiger partial charge in [0.1, 0.15) is 6.33 Å². The van der Waals surface area contributed by atoms with Crippen LogP contribution in [0.4, 0.5) is 23.0 Å². The molecule has 0 radical (unpaired) electrons. The normalized spacial score (nSPS) is 13.8. The van der Waals surface area contributed by atoms with Gasteiger partial charge in [-0.25, -0.2) is 9.97 Å². The fourth-order valence-electron chi connectivity index (χ4n) is 2.90. The highest BCUT2D eigenvalue weighted by molar-refractivity contribution is 5.73. The molecular weight excluding hydrogens is 318 g/mol. The van der Waals surface area contributed by atoms with Crippen molar-refractivity contribution in [2.75, 3.05) is 17.2 Å². The van der Waals surface area contributed by atoms with E-state index in [1.165, 1.54) is 24.7 Å². The average molecular weight is 339 g/mol. The van der Waals surface area contributed by atoms with Gasteiger partial charge in [0.15, 0.2) is 0 Å². The zero-order valence-electron chi connectivity index (χ0n) is 13.9. The van der Waals surface area contributed by atoms with Gasteiger partial charge in [-0.15, -0.1) is 0 Å². The molecule has 1 aliphatic carbocycles. The van der Waals surface area contributed by atoms with E-state index in [0.717, 1.165) is 24.9 Å². The van der Waals surface area contributed by atoms with Crippen LogP contribution in [0, 0.1) is 10.1 Å². The molecule has 25 heavy (non-hydrogen) atoms. The Morgan fingerprint density at radius 1 is 1.12 bits per heavy atom. The second-order valence-electron chi connectivity index (χ2n) is 5.95. The molecule has 1 aromatic carbocycles. The number of rotatable bonds is 7. The van der Waals surface area contributed by atoms with Crippen molar-refractivity contribution in [3.05, 3.63) is 58.4 Å². The van der Waals surface area contributed by atoms with Gasteiger partial charge >= 0.3 is 5.69 Å². The van der Waals surface area contributed by atoms with Crippen molar-refractivity contribution in [2.24, 2.45) is 0 Å². The molecule has 1 heterocycles. The predicted molar refractivity (Wildman–Crippen MR) is 98.1 cm³/mol. The van der Waals surface area contributed by atoms with Crippen LogP contribution in [0.3, 0.4) is 0 Å². The first-order chi connectivity index (χ1) is 12.2. The van der Waals surface area contributed by atoms with Crippen LogP contribution >= 0.6 is 0 Å². The van der Waals surface area contributed by atoms with E-state index in [1.807, 2.05) is 30.3 Å². The average Bonchev–Trinajstić information content (AvgIpc) is 2.63. The largest absolute Gasteiger partial charge is 0.364 e. The minimum absolute atomic E-state index is 0.135. The minimum atomic E-state index is -0.451. The summed E-state index contributed by atoms with van der Waals surface area (Å²) in [6.07, 6.45) is 9.22. The molecule has 0 saturated carbocycles. The summed E-state index contributed by atoms with van der Waals surface area (Å²) in [5.74, 6) is 0.431. The number of nitrogens with one attached hydrogen (secondary N) is 2. The summed E-state index contributed by atoms with van der Waals surface area (Å²) in [5, 5.41) is 17.6. The summed E-state index contributed by atoms with van der Waals surface area (Å²) in [7, 11) is 0. The molecule has 2 N–H and O–H groups in total. The van der Waals surface area contributed by atoms with Gasteiger partial charge in [-0.1, -0.05) is 29.8 Å². The van der Waals surface area contributed by atoms with Crippen LogP contribution < -0.4 is 10.6 Å². The summed E-state index contributed by atoms with van der Waals surface area (Å²) in [6.45, 7) is 0.620. The molecule has 130 valence electrons. The van der Waals surface area contributed by atoms with Crippen LogP contribution in [0.15, 0.2) is 48.3 Å². The fourth-order valence-corrected chi connectivity index (χ4v) is 2.90. The molecule has 0 spiro atoms. The van der Waals surface area contributed by atoms with Gasteiger partial charge < -0.3 is 10.6 Å². The van der Waals surface area contributed by atoms with Gasteiger partial charge in [-0.3, -0.25) is 10.1 Å². The molecule has 0 atom stereocenters. The number of nitrogens with zero attached hydrogens (tertiary/aromatic N) is 3. The van der Waals surface area contributed by atoms with Gasteiger partial charge in [0.2, 0.25) is 11.6 Å². The smallest absolute Gasteiger partial charge is 0.353 e. The van der Waals surface area contributed by atoms with Crippen LogP contribution in [-0.4, -0.2) is 21.4 Å². The lowest BCUT2D eigenvalue weighted by atomic mass is 9.97. The Kier molecular flexibility index (Phi) is 5.56. The minimum Gasteiger partial charge on any atom is -0.364 e. The van der Waals surface area contributed by atoms with Gasteiger partial charge in [0, 0.05) is 12.2 Å². The second kappa shape index (κ2) is 8.23. The topological polar surface area (TPSA) is 93.0 Å². The van der Waals surface area contributed by atoms with Gasteiger partial charge in [0.25, 0.3) is 0 Å². The van der Waals surface area contributed by atoms with Gasteiger partial charge in [-0.2, -0.15) is 0 Å². The highest BCUT2D eigenvalue weighted by Crippen LogP contribution is 2.31. The molecule has 0 bridgehead atoms. The van der Waals surface area contributed by atoms with Gasteiger partial charge in [-0.05, 0) is 44.2 Å². The van der Waals surface area contributed by atoms with Crippen molar-refractivity contribution in [2.45, 2.75) is 32.1 Å². The Bertz CT molecular complexity index is 761. The van der Waals surface area contributed by atoms with E-state index in [9.17, 15) is 10.1 Å². The lowest BCUT2D eigenvalue weighted by Gasteiger charge is -2.13. The summed E-state index contributed by atoms with van der Waals surface area (Å²) >= 11 is 0. The van der Waals surface area contributed by atoms with E-state index in [1.54, 1.807) is 0 Å². The third kappa shape index (κ3) is 4.53. The second-order valence-corrected chi connectivity index (χ2v) is 5.95. The van der Waals surface area contributed by atoms with E-state index < -0.39 is 4.92 Å². The third-order valence-electron chi connectivity index (χ3n) is 4.16. The molecule has 0 fully saturated rings. The first-order valence-electron chi connectivity index (χ1n) is 8.47. The van der Waals surface area contributed by atoms with Gasteiger partial charge in [0.05, 0.1) is 4.92 Å². The van der Waals surface area contributed by atoms with E-state index in [4.69, 9.17) is 0 Å². The zero-order chi connectivity index (χ0) is 17.5. The van der Waals surface area contributed by atoms with Crippen molar-refractivity contribution in [3.8, 4) is 0 Å². The highest BCUT2D eigenvalue weighted by atomic mass is 16.6.